The summed E-state index contributed by atoms with van der Waals surface area (Å²) < 4.78 is 13.7. The first-order chi connectivity index (χ1) is 23.1. The first kappa shape index (κ1) is 42.5. The van der Waals surface area contributed by atoms with Crippen molar-refractivity contribution in [2.75, 3.05) is 14.1 Å². The van der Waals surface area contributed by atoms with Gasteiger partial charge in [0.25, 0.3) is 0 Å². The zero-order chi connectivity index (χ0) is 33.7. The molecule has 1 aliphatic heterocycles. The molecule has 276 valence electrons. The van der Waals surface area contributed by atoms with Gasteiger partial charge in [-0.25, -0.2) is 0 Å². The van der Waals surface area contributed by atoms with Crippen molar-refractivity contribution in [1.29, 1.82) is 0 Å². The van der Waals surface area contributed by atoms with Crippen LogP contribution in [-0.2, 0) is 9.47 Å². The second-order valence-electron chi connectivity index (χ2n) is 15.7. The van der Waals surface area contributed by atoms with E-state index in [1.54, 1.807) is 0 Å². The van der Waals surface area contributed by atoms with Crippen LogP contribution in [0.5, 0.6) is 0 Å². The van der Waals surface area contributed by atoms with Gasteiger partial charge in [0.15, 0.2) is 5.79 Å². The Balaban J connectivity index is 1.52. The summed E-state index contributed by atoms with van der Waals surface area (Å²) in [5.74, 6) is -0.294. The van der Waals surface area contributed by atoms with Crippen LogP contribution >= 0.6 is 0 Å². The minimum Gasteiger partial charge on any atom is -0.344 e. The maximum absolute atomic E-state index is 6.84. The molecule has 0 radical (unpaired) electrons. The molecule has 4 atom stereocenters. The molecule has 1 saturated carbocycles. The molecule has 1 saturated heterocycles. The number of nitrogens with zero attached hydrogens (tertiary/aromatic N) is 1. The van der Waals surface area contributed by atoms with E-state index in [-0.39, 0.29) is 5.79 Å². The molecule has 2 fully saturated rings. The summed E-state index contributed by atoms with van der Waals surface area (Å²) in [5, 5.41) is 0. The van der Waals surface area contributed by atoms with Crippen molar-refractivity contribution in [3.8, 4) is 0 Å². The van der Waals surface area contributed by atoms with Crippen LogP contribution in [0, 0.1) is 0 Å². The highest BCUT2D eigenvalue weighted by atomic mass is 16.8. The number of ether oxygens (including phenoxy) is 2. The highest BCUT2D eigenvalue weighted by Gasteiger charge is 2.51. The highest BCUT2D eigenvalue weighted by Crippen LogP contribution is 2.44. The van der Waals surface area contributed by atoms with Crippen molar-refractivity contribution < 1.29 is 9.47 Å². The average Bonchev–Trinajstić information content (AvgIpc) is 3.61. The molecule has 1 heterocycles. The normalized spacial score (nSPS) is 22.9. The number of allylic oxidation sites excluding steroid dienone is 4. The third-order valence-corrected chi connectivity index (χ3v) is 11.1. The molecular weight excluding hydrogens is 574 g/mol. The Morgan fingerprint density at radius 2 is 0.809 bits per heavy atom. The standard InChI is InChI=1S/C44H83NO2/c1-5-7-9-11-13-15-17-19-21-23-25-27-29-31-33-35-37-44(46-42-39-41(45(3)4)40-43(42)47-44)38-36-34-32-30-28-26-24-22-20-18-16-14-12-10-8-6-2/h13,15,19,21,41-43H,5-12,14,16-18,20,22-40H2,1-4H3/b15-13-,21-19-/t41?,42-,43+,44?. The molecule has 3 nitrogen and oxygen atoms in total. The first-order valence-corrected chi connectivity index (χ1v) is 21.4. The van der Waals surface area contributed by atoms with Gasteiger partial charge in [0, 0.05) is 18.9 Å². The van der Waals surface area contributed by atoms with E-state index in [1.165, 1.54) is 173 Å². The lowest BCUT2D eigenvalue weighted by Gasteiger charge is -2.31. The third kappa shape index (κ3) is 21.2. The van der Waals surface area contributed by atoms with Crippen molar-refractivity contribution in [2.45, 2.75) is 243 Å². The van der Waals surface area contributed by atoms with E-state index in [4.69, 9.17) is 9.47 Å². The molecule has 0 bridgehead atoms. The molecule has 1 aliphatic carbocycles. The molecule has 0 aromatic heterocycles. The average molecular weight is 658 g/mol. The van der Waals surface area contributed by atoms with E-state index < -0.39 is 0 Å². The number of hydrogen-bond acceptors (Lipinski definition) is 3. The van der Waals surface area contributed by atoms with Gasteiger partial charge < -0.3 is 14.4 Å². The molecule has 2 unspecified atom stereocenters. The Morgan fingerprint density at radius 1 is 0.468 bits per heavy atom. The zero-order valence-electron chi connectivity index (χ0n) is 32.4. The third-order valence-electron chi connectivity index (χ3n) is 11.1. The van der Waals surface area contributed by atoms with Gasteiger partial charge in [-0.15, -0.1) is 0 Å². The molecule has 47 heavy (non-hydrogen) atoms. The van der Waals surface area contributed by atoms with Crippen LogP contribution < -0.4 is 0 Å². The Labute approximate surface area is 295 Å². The summed E-state index contributed by atoms with van der Waals surface area (Å²) in [6.45, 7) is 4.58. The van der Waals surface area contributed by atoms with Crippen LogP contribution in [0.25, 0.3) is 0 Å². The number of rotatable bonds is 33. The predicted molar refractivity (Wildman–Crippen MR) is 207 cm³/mol. The molecule has 2 rings (SSSR count). The Bertz CT molecular complexity index is 731. The zero-order valence-corrected chi connectivity index (χ0v) is 32.4. The monoisotopic (exact) mass is 658 g/mol. The molecule has 0 spiro atoms. The second kappa shape index (κ2) is 29.1. The van der Waals surface area contributed by atoms with Crippen LogP contribution in [0.1, 0.15) is 219 Å². The number of hydrogen-bond donors (Lipinski definition) is 0. The lowest BCUT2D eigenvalue weighted by atomic mass is 9.98. The van der Waals surface area contributed by atoms with Gasteiger partial charge in [-0.2, -0.15) is 0 Å². The Hall–Kier alpha value is -0.640. The minimum absolute atomic E-state index is 0.294. The Kier molecular flexibility index (Phi) is 26.4. The van der Waals surface area contributed by atoms with Crippen molar-refractivity contribution >= 4 is 0 Å². The molecule has 2 aliphatic rings. The van der Waals surface area contributed by atoms with E-state index in [2.05, 4.69) is 57.1 Å². The van der Waals surface area contributed by atoms with Gasteiger partial charge in [0.2, 0.25) is 0 Å². The topological polar surface area (TPSA) is 21.7 Å². The highest BCUT2D eigenvalue weighted by molar-refractivity contribution is 4.96. The van der Waals surface area contributed by atoms with E-state index >= 15 is 0 Å². The van der Waals surface area contributed by atoms with Crippen molar-refractivity contribution in [3.05, 3.63) is 24.3 Å². The summed E-state index contributed by atoms with van der Waals surface area (Å²) >= 11 is 0. The summed E-state index contributed by atoms with van der Waals surface area (Å²) in [4.78, 5) is 2.37. The van der Waals surface area contributed by atoms with Crippen molar-refractivity contribution in [3.63, 3.8) is 0 Å². The van der Waals surface area contributed by atoms with E-state index in [0.717, 1.165) is 32.1 Å². The second-order valence-corrected chi connectivity index (χ2v) is 15.7. The maximum Gasteiger partial charge on any atom is 0.169 e. The summed E-state index contributed by atoms with van der Waals surface area (Å²) in [6, 6.07) is 0.611. The summed E-state index contributed by atoms with van der Waals surface area (Å²) in [7, 11) is 4.42. The fraction of sp³-hybridized carbons (Fsp3) is 0.909. The van der Waals surface area contributed by atoms with E-state index in [9.17, 15) is 0 Å². The van der Waals surface area contributed by atoms with Gasteiger partial charge in [-0.3, -0.25) is 0 Å². The predicted octanol–water partition coefficient (Wildman–Crippen LogP) is 14.0. The van der Waals surface area contributed by atoms with Crippen molar-refractivity contribution in [2.24, 2.45) is 0 Å². The molecule has 0 amide bonds. The fourth-order valence-corrected chi connectivity index (χ4v) is 7.87. The smallest absolute Gasteiger partial charge is 0.169 e. The lowest BCUT2D eigenvalue weighted by Crippen LogP contribution is -2.34. The molecule has 0 aromatic rings. The Morgan fingerprint density at radius 3 is 1.21 bits per heavy atom. The van der Waals surface area contributed by atoms with Crippen LogP contribution in [0.15, 0.2) is 24.3 Å². The fourth-order valence-electron chi connectivity index (χ4n) is 7.87. The molecule has 3 heteroatoms. The first-order valence-electron chi connectivity index (χ1n) is 21.4. The maximum atomic E-state index is 6.84. The van der Waals surface area contributed by atoms with Gasteiger partial charge in [-0.05, 0) is 71.9 Å². The SMILES string of the molecule is CCCCC/C=C\C/C=C\CCCCCCCCC1(CCCCCCCCCCCCCCCCCC)O[C@H]2CC(N(C)C)C[C@H]2O1. The molecule has 0 aromatic carbocycles. The van der Waals surface area contributed by atoms with Crippen LogP contribution in [0.2, 0.25) is 0 Å². The van der Waals surface area contributed by atoms with Gasteiger partial charge in [0.1, 0.15) is 0 Å². The van der Waals surface area contributed by atoms with Crippen molar-refractivity contribution in [1.82, 2.24) is 4.90 Å². The molecular formula is C44H83NO2. The van der Waals surface area contributed by atoms with E-state index in [1.807, 2.05) is 0 Å². The van der Waals surface area contributed by atoms with Gasteiger partial charge in [-0.1, -0.05) is 173 Å². The summed E-state index contributed by atoms with van der Waals surface area (Å²) in [5.41, 5.74) is 0. The summed E-state index contributed by atoms with van der Waals surface area (Å²) in [6.07, 6.45) is 52.9. The van der Waals surface area contributed by atoms with Crippen LogP contribution in [0.3, 0.4) is 0 Å². The number of fused-ring (bicyclic) bond motifs is 1. The molecule has 0 N–H and O–H groups in total. The lowest BCUT2D eigenvalue weighted by molar-refractivity contribution is -0.193. The van der Waals surface area contributed by atoms with Crippen LogP contribution in [0.4, 0.5) is 0 Å². The van der Waals surface area contributed by atoms with Crippen LogP contribution in [-0.4, -0.2) is 43.0 Å². The van der Waals surface area contributed by atoms with E-state index in [0.29, 0.717) is 18.2 Å². The number of unbranched alkanes of at least 4 members (excludes halogenated alkanes) is 24. The quantitative estimate of drug-likeness (QED) is 0.0518. The van der Waals surface area contributed by atoms with Gasteiger partial charge >= 0.3 is 0 Å². The van der Waals surface area contributed by atoms with Gasteiger partial charge in [0.05, 0.1) is 12.2 Å². The minimum atomic E-state index is -0.294. The largest absolute Gasteiger partial charge is 0.344 e.